The van der Waals surface area contributed by atoms with Crippen molar-refractivity contribution in [1.29, 1.82) is 0 Å². The standard InChI is InChI=1S/C12H24N2O2S/c1-13-7-2-8-17(15,16)14-9-12(10-3-4-10)11-5-6-11/h10-14H,2-9H2,1H3. The third-order valence-electron chi connectivity index (χ3n) is 3.83. The number of sulfonamides is 1. The van der Waals surface area contributed by atoms with Crippen LogP contribution in [-0.4, -0.2) is 34.3 Å². The van der Waals surface area contributed by atoms with Gasteiger partial charge < -0.3 is 5.32 Å². The van der Waals surface area contributed by atoms with Crippen molar-refractivity contribution in [1.82, 2.24) is 10.0 Å². The maximum Gasteiger partial charge on any atom is 0.211 e. The lowest BCUT2D eigenvalue weighted by Crippen LogP contribution is -2.33. The van der Waals surface area contributed by atoms with Crippen LogP contribution in [0.25, 0.3) is 0 Å². The van der Waals surface area contributed by atoms with Crippen LogP contribution in [0.3, 0.4) is 0 Å². The fourth-order valence-electron chi connectivity index (χ4n) is 2.50. The Hall–Kier alpha value is -0.130. The Morgan fingerprint density at radius 3 is 2.24 bits per heavy atom. The van der Waals surface area contributed by atoms with Crippen LogP contribution in [0.15, 0.2) is 0 Å². The highest BCUT2D eigenvalue weighted by molar-refractivity contribution is 7.89. The fourth-order valence-corrected chi connectivity index (χ4v) is 3.62. The molecular weight excluding hydrogens is 236 g/mol. The summed E-state index contributed by atoms with van der Waals surface area (Å²) in [4.78, 5) is 0. The van der Waals surface area contributed by atoms with Crippen LogP contribution in [0.1, 0.15) is 32.1 Å². The molecule has 2 N–H and O–H groups in total. The molecule has 0 saturated heterocycles. The van der Waals surface area contributed by atoms with Crippen LogP contribution in [0.2, 0.25) is 0 Å². The average Bonchev–Trinajstić information content (AvgIpc) is 3.13. The number of hydrogen-bond acceptors (Lipinski definition) is 3. The highest BCUT2D eigenvalue weighted by Crippen LogP contribution is 2.48. The average molecular weight is 260 g/mol. The van der Waals surface area contributed by atoms with Crippen LogP contribution < -0.4 is 10.0 Å². The smallest absolute Gasteiger partial charge is 0.211 e. The number of rotatable bonds is 9. The zero-order chi connectivity index (χ0) is 12.3. The van der Waals surface area contributed by atoms with Gasteiger partial charge in [0.05, 0.1) is 5.75 Å². The molecule has 0 radical (unpaired) electrons. The molecule has 0 aromatic heterocycles. The van der Waals surface area contributed by atoms with Gasteiger partial charge in [0.15, 0.2) is 0 Å². The molecule has 0 amide bonds. The van der Waals surface area contributed by atoms with E-state index in [9.17, 15) is 8.42 Å². The summed E-state index contributed by atoms with van der Waals surface area (Å²) in [6.07, 6.45) is 5.92. The van der Waals surface area contributed by atoms with Crippen molar-refractivity contribution in [2.75, 3.05) is 25.9 Å². The minimum Gasteiger partial charge on any atom is -0.320 e. The molecule has 2 rings (SSSR count). The van der Waals surface area contributed by atoms with Crippen molar-refractivity contribution in [3.8, 4) is 0 Å². The van der Waals surface area contributed by atoms with Crippen LogP contribution in [0.4, 0.5) is 0 Å². The predicted octanol–water partition coefficient (Wildman–Crippen LogP) is 0.952. The summed E-state index contributed by atoms with van der Waals surface area (Å²) >= 11 is 0. The van der Waals surface area contributed by atoms with Crippen molar-refractivity contribution in [3.05, 3.63) is 0 Å². The zero-order valence-corrected chi connectivity index (χ0v) is 11.4. The van der Waals surface area contributed by atoms with Gasteiger partial charge in [-0.2, -0.15) is 0 Å². The largest absolute Gasteiger partial charge is 0.320 e. The summed E-state index contributed by atoms with van der Waals surface area (Å²) in [6, 6.07) is 0. The molecule has 0 aromatic carbocycles. The molecule has 100 valence electrons. The molecule has 0 bridgehead atoms. The lowest BCUT2D eigenvalue weighted by molar-refractivity contribution is 0.401. The molecule has 0 aliphatic heterocycles. The van der Waals surface area contributed by atoms with Crippen molar-refractivity contribution in [2.24, 2.45) is 17.8 Å². The fraction of sp³-hybridized carbons (Fsp3) is 1.00. The van der Waals surface area contributed by atoms with Crippen LogP contribution >= 0.6 is 0 Å². The Bertz CT molecular complexity index is 322. The Labute approximate surface area is 105 Å². The quantitative estimate of drug-likeness (QED) is 0.607. The van der Waals surface area contributed by atoms with E-state index in [4.69, 9.17) is 0 Å². The molecule has 17 heavy (non-hydrogen) atoms. The monoisotopic (exact) mass is 260 g/mol. The molecule has 0 atom stereocenters. The summed E-state index contributed by atoms with van der Waals surface area (Å²) in [6.45, 7) is 1.44. The molecule has 0 unspecified atom stereocenters. The second-order valence-electron chi connectivity index (χ2n) is 5.46. The number of nitrogens with one attached hydrogen (secondary N) is 2. The lowest BCUT2D eigenvalue weighted by atomic mass is 9.99. The molecule has 2 fully saturated rings. The van der Waals surface area contributed by atoms with Gasteiger partial charge in [-0.3, -0.25) is 0 Å². The Kier molecular flexibility index (Phi) is 4.44. The van der Waals surface area contributed by atoms with Gasteiger partial charge in [0.1, 0.15) is 0 Å². The molecule has 5 heteroatoms. The maximum atomic E-state index is 11.8. The molecule has 4 nitrogen and oxygen atoms in total. The summed E-state index contributed by atoms with van der Waals surface area (Å²) in [7, 11) is -1.21. The highest BCUT2D eigenvalue weighted by Gasteiger charge is 2.41. The first-order chi connectivity index (χ1) is 8.12. The molecule has 2 aliphatic rings. The summed E-state index contributed by atoms with van der Waals surface area (Å²) in [5, 5.41) is 2.97. The van der Waals surface area contributed by atoms with Gasteiger partial charge in [-0.05, 0) is 63.5 Å². The van der Waals surface area contributed by atoms with E-state index < -0.39 is 10.0 Å². The van der Waals surface area contributed by atoms with Crippen LogP contribution in [0.5, 0.6) is 0 Å². The van der Waals surface area contributed by atoms with Gasteiger partial charge in [0, 0.05) is 6.54 Å². The van der Waals surface area contributed by atoms with E-state index in [0.29, 0.717) is 18.9 Å². The minimum atomic E-state index is -3.05. The predicted molar refractivity (Wildman–Crippen MR) is 69.3 cm³/mol. The minimum absolute atomic E-state index is 0.246. The van der Waals surface area contributed by atoms with Crippen LogP contribution in [-0.2, 0) is 10.0 Å². The highest BCUT2D eigenvalue weighted by atomic mass is 32.2. The van der Waals surface area contributed by atoms with Gasteiger partial charge in [0.25, 0.3) is 0 Å². The Balaban J connectivity index is 1.71. The second-order valence-corrected chi connectivity index (χ2v) is 7.39. The van der Waals surface area contributed by atoms with Gasteiger partial charge in [-0.25, -0.2) is 13.1 Å². The zero-order valence-electron chi connectivity index (χ0n) is 10.6. The third kappa shape index (κ3) is 4.56. The van der Waals surface area contributed by atoms with Gasteiger partial charge in [0.2, 0.25) is 10.0 Å². The van der Waals surface area contributed by atoms with Crippen molar-refractivity contribution < 1.29 is 8.42 Å². The van der Waals surface area contributed by atoms with E-state index >= 15 is 0 Å². The second kappa shape index (κ2) is 5.67. The first-order valence-corrected chi connectivity index (χ1v) is 8.39. The van der Waals surface area contributed by atoms with Crippen molar-refractivity contribution in [3.63, 3.8) is 0 Å². The first-order valence-electron chi connectivity index (χ1n) is 6.74. The summed E-state index contributed by atoms with van der Waals surface area (Å²) < 4.78 is 26.3. The molecule has 0 aromatic rings. The van der Waals surface area contributed by atoms with Crippen molar-refractivity contribution in [2.45, 2.75) is 32.1 Å². The molecule has 2 saturated carbocycles. The van der Waals surface area contributed by atoms with Gasteiger partial charge in [-0.1, -0.05) is 0 Å². The van der Waals surface area contributed by atoms with E-state index in [0.717, 1.165) is 18.4 Å². The molecule has 2 aliphatic carbocycles. The number of hydrogen-bond donors (Lipinski definition) is 2. The SMILES string of the molecule is CNCCCS(=O)(=O)NCC(C1CC1)C1CC1. The third-order valence-corrected chi connectivity index (χ3v) is 5.27. The molecule has 0 heterocycles. The maximum absolute atomic E-state index is 11.8. The first kappa shape index (κ1) is 13.3. The topological polar surface area (TPSA) is 58.2 Å². The van der Waals surface area contributed by atoms with E-state index in [1.54, 1.807) is 0 Å². The van der Waals surface area contributed by atoms with Gasteiger partial charge >= 0.3 is 0 Å². The van der Waals surface area contributed by atoms with Crippen LogP contribution in [0, 0.1) is 17.8 Å². The van der Waals surface area contributed by atoms with Crippen molar-refractivity contribution >= 4 is 10.0 Å². The Morgan fingerprint density at radius 1 is 1.18 bits per heavy atom. The Morgan fingerprint density at radius 2 is 1.76 bits per heavy atom. The van der Waals surface area contributed by atoms with E-state index in [2.05, 4.69) is 10.0 Å². The lowest BCUT2D eigenvalue weighted by Gasteiger charge is -2.16. The summed E-state index contributed by atoms with van der Waals surface area (Å²) in [5.41, 5.74) is 0. The normalized spacial score (nSPS) is 21.1. The van der Waals surface area contributed by atoms with Gasteiger partial charge in [-0.15, -0.1) is 0 Å². The van der Waals surface area contributed by atoms with E-state index in [1.165, 1.54) is 25.7 Å². The molecular formula is C12H24N2O2S. The summed E-state index contributed by atoms with van der Waals surface area (Å²) in [5.74, 6) is 2.48. The molecule has 0 spiro atoms. The van der Waals surface area contributed by atoms with E-state index in [1.807, 2.05) is 7.05 Å². The van der Waals surface area contributed by atoms with E-state index in [-0.39, 0.29) is 5.75 Å².